The maximum Gasteiger partial charge on any atom is 0.387 e. The van der Waals surface area contributed by atoms with Crippen LogP contribution in [0, 0.1) is 6.92 Å². The van der Waals surface area contributed by atoms with Crippen molar-refractivity contribution >= 4 is 27.5 Å². The summed E-state index contributed by atoms with van der Waals surface area (Å²) in [6.45, 7) is -0.989. The molecule has 0 bridgehead atoms. The van der Waals surface area contributed by atoms with Gasteiger partial charge >= 0.3 is 6.61 Å². The Morgan fingerprint density at radius 3 is 2.67 bits per heavy atom. The van der Waals surface area contributed by atoms with E-state index in [4.69, 9.17) is 0 Å². The van der Waals surface area contributed by atoms with E-state index in [1.165, 1.54) is 24.3 Å². The lowest BCUT2D eigenvalue weighted by molar-refractivity contribution is -0.0498. The third-order valence-electron chi connectivity index (χ3n) is 2.75. The summed E-state index contributed by atoms with van der Waals surface area (Å²) >= 11 is 3.38. The summed E-state index contributed by atoms with van der Waals surface area (Å²) in [5, 5.41) is 2.69. The van der Waals surface area contributed by atoms with Gasteiger partial charge in [0, 0.05) is 15.7 Å². The van der Waals surface area contributed by atoms with Crippen LogP contribution in [0.25, 0.3) is 0 Å². The normalized spacial score (nSPS) is 10.5. The highest BCUT2D eigenvalue weighted by atomic mass is 79.9. The summed E-state index contributed by atoms with van der Waals surface area (Å²) in [6, 6.07) is 11.0. The molecule has 0 radical (unpaired) electrons. The first-order valence-corrected chi connectivity index (χ1v) is 6.87. The average molecular weight is 356 g/mol. The fraction of sp³-hybridized carbons (Fsp3) is 0.133. The zero-order valence-electron chi connectivity index (χ0n) is 11.1. The summed E-state index contributed by atoms with van der Waals surface area (Å²) in [6.07, 6.45) is 0. The number of anilines is 1. The second kappa shape index (κ2) is 6.67. The Morgan fingerprint density at radius 1 is 1.24 bits per heavy atom. The number of carbonyl (C=O) groups excluding carboxylic acids is 1. The number of halogens is 3. The van der Waals surface area contributed by atoms with E-state index >= 15 is 0 Å². The van der Waals surface area contributed by atoms with Gasteiger partial charge in [-0.1, -0.05) is 28.1 Å². The maximum atomic E-state index is 12.2. The van der Waals surface area contributed by atoms with Gasteiger partial charge in [0.25, 0.3) is 5.91 Å². The topological polar surface area (TPSA) is 38.3 Å². The molecule has 0 spiro atoms. The van der Waals surface area contributed by atoms with Crippen molar-refractivity contribution in [2.75, 3.05) is 5.32 Å². The number of amides is 1. The Hall–Kier alpha value is -1.95. The smallest absolute Gasteiger partial charge is 0.387 e. The first-order chi connectivity index (χ1) is 9.95. The Labute approximate surface area is 129 Å². The van der Waals surface area contributed by atoms with Crippen LogP contribution in [0.3, 0.4) is 0 Å². The minimum atomic E-state index is -2.92. The third-order valence-corrected chi connectivity index (χ3v) is 3.61. The van der Waals surface area contributed by atoms with Gasteiger partial charge in [0.15, 0.2) is 0 Å². The molecule has 110 valence electrons. The molecule has 0 saturated heterocycles. The standard InChI is InChI=1S/C15H12BrF2NO2/c1-9-5-6-11(8-13(9)16)19-14(20)10-3-2-4-12(7-10)21-15(17)18/h2-8,15H,1H3,(H,19,20). The van der Waals surface area contributed by atoms with Crippen molar-refractivity contribution in [3.8, 4) is 5.75 Å². The fourth-order valence-electron chi connectivity index (χ4n) is 1.69. The minimum absolute atomic E-state index is 0.0530. The second-order valence-electron chi connectivity index (χ2n) is 4.32. The van der Waals surface area contributed by atoms with Crippen LogP contribution in [0.5, 0.6) is 5.75 Å². The molecule has 0 saturated carbocycles. The summed E-state index contributed by atoms with van der Waals surface area (Å²) in [4.78, 5) is 12.1. The molecule has 0 unspecified atom stereocenters. The molecule has 0 aromatic heterocycles. The van der Waals surface area contributed by atoms with Gasteiger partial charge in [-0.3, -0.25) is 4.79 Å². The lowest BCUT2D eigenvalue weighted by atomic mass is 10.2. The Kier molecular flexibility index (Phi) is 4.90. The zero-order chi connectivity index (χ0) is 15.4. The second-order valence-corrected chi connectivity index (χ2v) is 5.18. The van der Waals surface area contributed by atoms with Crippen LogP contribution < -0.4 is 10.1 Å². The SMILES string of the molecule is Cc1ccc(NC(=O)c2cccc(OC(F)F)c2)cc1Br. The lowest BCUT2D eigenvalue weighted by Crippen LogP contribution is -2.12. The van der Waals surface area contributed by atoms with Crippen LogP contribution >= 0.6 is 15.9 Å². The summed E-state index contributed by atoms with van der Waals surface area (Å²) in [5.41, 5.74) is 1.89. The molecule has 0 heterocycles. The van der Waals surface area contributed by atoms with Crippen molar-refractivity contribution in [1.29, 1.82) is 0 Å². The number of ether oxygens (including phenoxy) is 1. The van der Waals surface area contributed by atoms with Gasteiger partial charge in [0.1, 0.15) is 5.75 Å². The van der Waals surface area contributed by atoms with Crippen LogP contribution in [-0.2, 0) is 0 Å². The molecule has 0 aliphatic heterocycles. The van der Waals surface area contributed by atoms with Crippen LogP contribution in [0.15, 0.2) is 46.9 Å². The highest BCUT2D eigenvalue weighted by Gasteiger charge is 2.10. The van der Waals surface area contributed by atoms with Gasteiger partial charge in [-0.05, 0) is 42.8 Å². The monoisotopic (exact) mass is 355 g/mol. The third kappa shape index (κ3) is 4.26. The molecule has 2 rings (SSSR count). The minimum Gasteiger partial charge on any atom is -0.435 e. The first kappa shape index (κ1) is 15.4. The summed E-state index contributed by atoms with van der Waals surface area (Å²) < 4.78 is 29.4. The van der Waals surface area contributed by atoms with E-state index in [1.54, 1.807) is 12.1 Å². The van der Waals surface area contributed by atoms with E-state index in [1.807, 2.05) is 13.0 Å². The molecule has 21 heavy (non-hydrogen) atoms. The summed E-state index contributed by atoms with van der Waals surface area (Å²) in [7, 11) is 0. The van der Waals surface area contributed by atoms with Crippen molar-refractivity contribution in [3.63, 3.8) is 0 Å². The maximum absolute atomic E-state index is 12.2. The molecular weight excluding hydrogens is 344 g/mol. The van der Waals surface area contributed by atoms with Crippen molar-refractivity contribution in [1.82, 2.24) is 0 Å². The number of aryl methyl sites for hydroxylation is 1. The van der Waals surface area contributed by atoms with Gasteiger partial charge in [-0.25, -0.2) is 0 Å². The van der Waals surface area contributed by atoms with Gasteiger partial charge in [-0.15, -0.1) is 0 Å². The van der Waals surface area contributed by atoms with Gasteiger partial charge in [0.2, 0.25) is 0 Å². The van der Waals surface area contributed by atoms with Crippen molar-refractivity contribution in [2.45, 2.75) is 13.5 Å². The fourth-order valence-corrected chi connectivity index (χ4v) is 2.07. The molecule has 1 N–H and O–H groups in total. The molecule has 3 nitrogen and oxygen atoms in total. The zero-order valence-corrected chi connectivity index (χ0v) is 12.7. The highest BCUT2D eigenvalue weighted by Crippen LogP contribution is 2.22. The van der Waals surface area contributed by atoms with E-state index in [0.717, 1.165) is 10.0 Å². The molecule has 0 aliphatic carbocycles. The van der Waals surface area contributed by atoms with Crippen molar-refractivity contribution in [2.24, 2.45) is 0 Å². The number of nitrogens with one attached hydrogen (secondary N) is 1. The summed E-state index contributed by atoms with van der Waals surface area (Å²) in [5.74, 6) is -0.451. The largest absolute Gasteiger partial charge is 0.435 e. The van der Waals surface area contributed by atoms with Gasteiger partial charge in [0.05, 0.1) is 0 Å². The van der Waals surface area contributed by atoms with E-state index < -0.39 is 12.5 Å². The number of hydrogen-bond acceptors (Lipinski definition) is 2. The van der Waals surface area contributed by atoms with E-state index in [-0.39, 0.29) is 11.3 Å². The number of benzene rings is 2. The Balaban J connectivity index is 2.14. The van der Waals surface area contributed by atoms with Crippen LogP contribution in [0.1, 0.15) is 15.9 Å². The predicted molar refractivity (Wildman–Crippen MR) is 79.9 cm³/mol. The van der Waals surface area contributed by atoms with Crippen LogP contribution in [0.2, 0.25) is 0 Å². The molecular formula is C15H12BrF2NO2. The molecule has 0 fully saturated rings. The average Bonchev–Trinajstić information content (AvgIpc) is 2.42. The molecule has 6 heteroatoms. The molecule has 0 atom stereocenters. The van der Waals surface area contributed by atoms with Crippen LogP contribution in [0.4, 0.5) is 14.5 Å². The van der Waals surface area contributed by atoms with E-state index in [9.17, 15) is 13.6 Å². The Bertz CT molecular complexity index is 662. The van der Waals surface area contributed by atoms with E-state index in [0.29, 0.717) is 5.69 Å². The molecule has 2 aromatic rings. The van der Waals surface area contributed by atoms with Crippen molar-refractivity contribution < 1.29 is 18.3 Å². The van der Waals surface area contributed by atoms with E-state index in [2.05, 4.69) is 26.0 Å². The number of hydrogen-bond donors (Lipinski definition) is 1. The van der Waals surface area contributed by atoms with Gasteiger partial charge < -0.3 is 10.1 Å². The molecule has 0 aliphatic rings. The quantitative estimate of drug-likeness (QED) is 0.869. The first-order valence-electron chi connectivity index (χ1n) is 6.08. The number of alkyl halides is 2. The lowest BCUT2D eigenvalue weighted by Gasteiger charge is -2.09. The predicted octanol–water partition coefficient (Wildman–Crippen LogP) is 4.61. The molecule has 2 aromatic carbocycles. The number of rotatable bonds is 4. The highest BCUT2D eigenvalue weighted by molar-refractivity contribution is 9.10. The Morgan fingerprint density at radius 2 is 2.00 bits per heavy atom. The van der Waals surface area contributed by atoms with Crippen molar-refractivity contribution in [3.05, 3.63) is 58.1 Å². The number of carbonyl (C=O) groups is 1. The molecule has 1 amide bonds. The van der Waals surface area contributed by atoms with Crippen LogP contribution in [-0.4, -0.2) is 12.5 Å². The van der Waals surface area contributed by atoms with Gasteiger partial charge in [-0.2, -0.15) is 8.78 Å².